The fourth-order valence-electron chi connectivity index (χ4n) is 15.9. The summed E-state index contributed by atoms with van der Waals surface area (Å²) in [6.45, 7) is 16.9. The van der Waals surface area contributed by atoms with Gasteiger partial charge in [-0.25, -0.2) is 4.39 Å². The normalized spacial score (nSPS) is 13.5. The van der Waals surface area contributed by atoms with E-state index in [4.69, 9.17) is 33.0 Å². The number of aryl methyl sites for hydroxylation is 1. The van der Waals surface area contributed by atoms with Crippen LogP contribution >= 0.6 is 30.8 Å². The molecule has 21 nitrogen and oxygen atoms in total. The number of carbonyl (C=O) groups excluding carboxylic acids is 8. The lowest BCUT2D eigenvalue weighted by atomic mass is 9.83. The van der Waals surface area contributed by atoms with Gasteiger partial charge < -0.3 is 52.3 Å². The van der Waals surface area contributed by atoms with E-state index in [1.165, 1.54) is 68.7 Å². The Kier molecular flexibility index (Phi) is 64.7. The molecule has 10 N–H and O–H groups in total. The van der Waals surface area contributed by atoms with Gasteiger partial charge in [-0.15, -0.1) is 0 Å². The molecule has 0 spiro atoms. The molecule has 4 aliphatic carbocycles. The van der Waals surface area contributed by atoms with Crippen molar-refractivity contribution in [2.75, 3.05) is 56.4 Å². The summed E-state index contributed by atoms with van der Waals surface area (Å²) in [5, 5.41) is 25.8. The average molecular weight is 1990 g/mol. The van der Waals surface area contributed by atoms with E-state index in [9.17, 15) is 47.3 Å². The molecule has 0 bridgehead atoms. The highest BCUT2D eigenvalue weighted by molar-refractivity contribution is 7.50. The molecule has 2 heterocycles. The van der Waals surface area contributed by atoms with E-state index in [-0.39, 0.29) is 166 Å². The molecule has 768 valence electrons. The number of Topliss-reactive ketones (excluding diaryl/α,β-unsaturated/α-hetero) is 8. The predicted molar refractivity (Wildman–Crippen MR) is 589 cm³/mol. The number of ketones is 8. The van der Waals surface area contributed by atoms with E-state index in [2.05, 4.69) is 132 Å². The minimum Gasteiger partial charge on any atom is -0.324 e. The first kappa shape index (κ1) is 134. The number of hydrogen-bond acceptors (Lipinski definition) is 19. The van der Waals surface area contributed by atoms with Crippen LogP contribution in [0.4, 0.5) is 4.39 Å². The molecule has 9 aromatic rings. The van der Waals surface area contributed by atoms with Crippen molar-refractivity contribution < 1.29 is 57.1 Å². The largest absolute Gasteiger partial charge is 0.329 e. The van der Waals surface area contributed by atoms with Crippen LogP contribution in [0.2, 0.25) is 10.0 Å². The molecule has 13 rings (SSSR count). The number of hydrogen-bond donors (Lipinski definition) is 10. The Bertz CT molecular complexity index is 5360. The molecule has 4 aliphatic rings. The third kappa shape index (κ3) is 43.1. The van der Waals surface area contributed by atoms with Gasteiger partial charge in [-0.1, -0.05) is 234 Å². The molecule has 140 heavy (non-hydrogen) atoms. The number of nitrogens with zero attached hydrogens (tertiary/aromatic N) is 2. The first-order valence-corrected chi connectivity index (χ1v) is 47.1. The first-order valence-electron chi connectivity index (χ1n) is 44.5. The van der Waals surface area contributed by atoms with Crippen LogP contribution in [0.25, 0.3) is 22.3 Å². The highest BCUT2D eigenvalue weighted by atomic mass is 35.5. The molecular formula is C115H166Cl2FN10O11P. The zero-order valence-electron chi connectivity index (χ0n) is 79.6. The Morgan fingerprint density at radius 1 is 0.386 bits per heavy atom. The fraction of sp³-hybridized carbons (Fsp3) is 0.409. The van der Waals surface area contributed by atoms with Crippen molar-refractivity contribution in [2.45, 2.75) is 259 Å². The first-order chi connectivity index (χ1) is 62.8. The summed E-state index contributed by atoms with van der Waals surface area (Å²) in [7, 11) is 10.4. The average Bonchev–Trinajstić information content (AvgIpc) is 1.73. The minimum atomic E-state index is -4.02. The Labute approximate surface area is 849 Å². The Balaban J connectivity index is -0.00000152. The highest BCUT2D eigenvalue weighted by Gasteiger charge is 2.32. The van der Waals surface area contributed by atoms with Crippen molar-refractivity contribution in [2.24, 2.45) is 0 Å². The highest BCUT2D eigenvalue weighted by Crippen LogP contribution is 2.40. The topological polar surface area (TPSA) is 316 Å². The van der Waals surface area contributed by atoms with Gasteiger partial charge in [0.2, 0.25) is 0 Å². The molecule has 2 aromatic heterocycles. The number of pyridine rings is 2. The SMILES string of the molecule is C.C.C.C.C.C.C.C.CNC(CC1=CCc2c(C)cccc21)C(C)=O.CNC(CC1=CCc2cc(F)ccc21)C(C)=O.CNC(CC1=CCc2ccc(Cl)cc21)C(C)=O.CN[C@@H](Cc1ccc(CP(=O)(O)O)cc1)C(C)=O.CN[C@@H](Cc1cccnc1)C(C)=O.CN[C@@H](Cc1ccncc1)C(C)=O.CN[C@@](C)(CC1=CCc2cc(Cl)ccc21)C(C)=O.CN[C@H](C(C)=O)C(c1ccccc1)c1ccccc1. The van der Waals surface area contributed by atoms with Gasteiger partial charge in [0.1, 0.15) is 52.1 Å². The lowest BCUT2D eigenvalue weighted by Gasteiger charge is -2.27. The van der Waals surface area contributed by atoms with E-state index in [0.717, 1.165) is 99.5 Å². The molecule has 0 fully saturated rings. The van der Waals surface area contributed by atoms with Gasteiger partial charge in [0.25, 0.3) is 0 Å². The number of allylic oxidation sites excluding steroid dienone is 4. The van der Waals surface area contributed by atoms with Crippen molar-refractivity contribution in [3.05, 3.63) is 330 Å². The van der Waals surface area contributed by atoms with E-state index < -0.39 is 13.1 Å². The maximum atomic E-state index is 13.1. The summed E-state index contributed by atoms with van der Waals surface area (Å²) in [5.41, 5.74) is 21.6. The number of fused-ring (bicyclic) bond motifs is 4. The molecule has 0 saturated carbocycles. The second-order valence-corrected chi connectivity index (χ2v) is 36.0. The maximum absolute atomic E-state index is 13.1. The van der Waals surface area contributed by atoms with Crippen molar-refractivity contribution in [3.63, 3.8) is 0 Å². The van der Waals surface area contributed by atoms with Crippen molar-refractivity contribution in [1.29, 1.82) is 0 Å². The van der Waals surface area contributed by atoms with E-state index >= 15 is 0 Å². The number of rotatable bonds is 35. The van der Waals surface area contributed by atoms with E-state index in [0.29, 0.717) is 31.2 Å². The number of likely N-dealkylation sites (N-methyl/N-ethyl adjacent to an activating group) is 8. The van der Waals surface area contributed by atoms with Gasteiger partial charge in [0, 0.05) is 40.8 Å². The summed E-state index contributed by atoms with van der Waals surface area (Å²) in [6, 6.07) is 57.2. The second kappa shape index (κ2) is 67.8. The molecule has 25 heteroatoms. The van der Waals surface area contributed by atoms with Crippen LogP contribution in [0.15, 0.2) is 231 Å². The van der Waals surface area contributed by atoms with Crippen LogP contribution in [-0.4, -0.2) is 170 Å². The van der Waals surface area contributed by atoms with Gasteiger partial charge in [0.05, 0.1) is 54.0 Å². The summed E-state index contributed by atoms with van der Waals surface area (Å²) >= 11 is 12.0. The number of halogens is 3. The van der Waals surface area contributed by atoms with Crippen LogP contribution in [0.1, 0.15) is 237 Å². The van der Waals surface area contributed by atoms with E-state index in [1.54, 1.807) is 138 Å². The standard InChI is InChI=1S/C17H19NO.C15H18ClNO.C15H19NO.C14H16ClNO.C14H16FNO.C12H18NO4P.2C10H14N2O.8CH4/c1-13(19)17(18-2)16(14-9-5-3-6-10-14)15-11-7-4-8-12-15;1-10(18)15(2,17-3)9-12-5-4-11-8-13(16)6-7-14(11)12;1-10-5-4-6-14-12(7-8-13(10)14)9-15(16-3)11(2)17;1-9(17)14(16-2)7-11-4-3-10-5-6-12(15)8-13(10)11;1-9(17)14(16-2)8-11-4-3-10-7-12(15)5-6-13(10)11;1-9(14)12(13-2)7-10-3-5-11(6-4-10)8-18(15,16)17;1-8(13)10(11-2)7-9-3-5-12-6-4-9;1-8(13)10(11-2)6-9-4-3-5-12-7-9;;;;;;;;/h3-12,16-18H,1-2H3;5-8,17H,4,9H2,1-3H3;4-7,15-16H,8-9H2,1-3H3;4-6,8,14,16H,3,7H2,1-2H3;4-7,14,16H,3,8H2,1-2H3;3-6,12-13H,7-8H2,1-2H3,(H2,15,16,17);3-6,10-11H,7H2,1-2H3;3-5,7,10-11H,6H2,1-2H3;8*1H4/t17-;15-;;;;12-;2*10-;;;;;;;;/m10...000......../s1. The van der Waals surface area contributed by atoms with Gasteiger partial charge in [0.15, 0.2) is 0 Å². The van der Waals surface area contributed by atoms with Gasteiger partial charge in [-0.05, 0) is 357 Å². The van der Waals surface area contributed by atoms with Crippen molar-refractivity contribution in [3.8, 4) is 0 Å². The van der Waals surface area contributed by atoms with Gasteiger partial charge in [-0.3, -0.25) is 52.9 Å². The zero-order chi connectivity index (χ0) is 97.4. The lowest BCUT2D eigenvalue weighted by Crippen LogP contribution is -2.46. The summed E-state index contributed by atoms with van der Waals surface area (Å²) < 4.78 is 23.9. The number of benzene rings is 7. The molecule has 0 radical (unpaired) electrons. The Morgan fingerprint density at radius 2 is 0.779 bits per heavy atom. The Morgan fingerprint density at radius 3 is 1.21 bits per heavy atom. The Hall–Kier alpha value is -10.5. The monoisotopic (exact) mass is 1980 g/mol. The fourth-order valence-corrected chi connectivity index (χ4v) is 16.9. The third-order valence-corrected chi connectivity index (χ3v) is 25.3. The van der Waals surface area contributed by atoms with Crippen molar-refractivity contribution in [1.82, 2.24) is 52.5 Å². The number of aromatic nitrogens is 2. The molecule has 0 aliphatic heterocycles. The summed E-state index contributed by atoms with van der Waals surface area (Å²) in [5.74, 6) is 1.05. The van der Waals surface area contributed by atoms with Crippen LogP contribution < -0.4 is 42.5 Å². The second-order valence-electron chi connectivity index (χ2n) is 33.5. The quantitative estimate of drug-likeness (QED) is 0.0165. The van der Waals surface area contributed by atoms with Crippen LogP contribution in [0.5, 0.6) is 0 Å². The molecule has 7 aromatic carbocycles. The maximum Gasteiger partial charge on any atom is 0.329 e. The molecule has 0 amide bonds. The summed E-state index contributed by atoms with van der Waals surface area (Å²) in [4.78, 5) is 117. The van der Waals surface area contributed by atoms with Gasteiger partial charge in [-0.2, -0.15) is 0 Å². The molecule has 0 saturated heterocycles. The van der Waals surface area contributed by atoms with Crippen LogP contribution in [0, 0.1) is 12.7 Å². The predicted octanol–water partition coefficient (Wildman–Crippen LogP) is 21.7. The molecular weight excluding hydrogens is 1820 g/mol. The van der Waals surface area contributed by atoms with Crippen molar-refractivity contribution >= 4 is 99.4 Å². The van der Waals surface area contributed by atoms with Gasteiger partial charge >= 0.3 is 7.60 Å². The zero-order valence-corrected chi connectivity index (χ0v) is 82.0. The van der Waals surface area contributed by atoms with Crippen LogP contribution in [0.3, 0.4) is 0 Å². The third-order valence-electron chi connectivity index (χ3n) is 24.0. The van der Waals surface area contributed by atoms with Crippen LogP contribution in [-0.2, 0) is 94.0 Å². The molecule has 3 unspecified atom stereocenters. The smallest absolute Gasteiger partial charge is 0.324 e. The number of nitrogens with one attached hydrogen (secondary N) is 8. The lowest BCUT2D eigenvalue weighted by molar-refractivity contribution is -0.122. The number of carbonyl (C=O) groups is 8. The van der Waals surface area contributed by atoms with E-state index in [1.807, 2.05) is 126 Å². The molecule has 8 atom stereocenters. The summed E-state index contributed by atoms with van der Waals surface area (Å²) in [6.07, 6.45) is 24.0. The minimum absolute atomic E-state index is 0.